The van der Waals surface area contributed by atoms with Gasteiger partial charge < -0.3 is 23.7 Å². The van der Waals surface area contributed by atoms with Crippen LogP contribution in [0.3, 0.4) is 0 Å². The second kappa shape index (κ2) is 13.6. The normalized spacial score (nSPS) is 12.2. The van der Waals surface area contributed by atoms with Crippen LogP contribution in [0.1, 0.15) is 27.2 Å². The Morgan fingerprint density at radius 2 is 1.53 bits per heavy atom. The molecule has 0 aliphatic rings. The highest BCUT2D eigenvalue weighted by Crippen LogP contribution is 1.98. The van der Waals surface area contributed by atoms with E-state index >= 15 is 0 Å². The van der Waals surface area contributed by atoms with Crippen molar-refractivity contribution in [2.24, 2.45) is 0 Å². The van der Waals surface area contributed by atoms with Crippen LogP contribution in [0, 0.1) is 0 Å². The molecule has 0 aromatic heterocycles. The van der Waals surface area contributed by atoms with E-state index in [0.717, 1.165) is 6.42 Å². The maximum atomic E-state index is 11.1. The van der Waals surface area contributed by atoms with Gasteiger partial charge >= 0.3 is 6.16 Å². The van der Waals surface area contributed by atoms with Gasteiger partial charge in [0, 0.05) is 13.2 Å². The number of hydrogen-bond acceptors (Lipinski definition) is 6. The summed E-state index contributed by atoms with van der Waals surface area (Å²) in [4.78, 5) is 11.1. The molecule has 114 valence electrons. The van der Waals surface area contributed by atoms with Crippen LogP contribution < -0.4 is 0 Å². The third-order valence-electron chi connectivity index (χ3n) is 2.26. The monoisotopic (exact) mass is 278 g/mol. The lowest BCUT2D eigenvalue weighted by Crippen LogP contribution is -2.21. The van der Waals surface area contributed by atoms with Crippen LogP contribution in [-0.2, 0) is 23.7 Å². The molecule has 0 aliphatic heterocycles. The van der Waals surface area contributed by atoms with Crippen LogP contribution in [0.25, 0.3) is 0 Å². The van der Waals surface area contributed by atoms with E-state index in [0.29, 0.717) is 33.0 Å². The summed E-state index contributed by atoms with van der Waals surface area (Å²) in [5.41, 5.74) is 0. The van der Waals surface area contributed by atoms with Crippen molar-refractivity contribution in [2.45, 2.75) is 33.3 Å². The Morgan fingerprint density at radius 1 is 0.895 bits per heavy atom. The third kappa shape index (κ3) is 11.9. The molecule has 0 amide bonds. The number of ether oxygens (including phenoxy) is 5. The van der Waals surface area contributed by atoms with Gasteiger partial charge in [-0.05, 0) is 20.3 Å². The summed E-state index contributed by atoms with van der Waals surface area (Å²) in [5, 5.41) is 0. The molecule has 0 radical (unpaired) electrons. The van der Waals surface area contributed by atoms with Gasteiger partial charge in [-0.15, -0.1) is 0 Å². The minimum Gasteiger partial charge on any atom is -0.432 e. The fourth-order valence-electron chi connectivity index (χ4n) is 1.29. The quantitative estimate of drug-likeness (QED) is 0.402. The molecule has 0 N–H and O–H groups in total. The molecule has 0 saturated carbocycles. The molecule has 0 aromatic carbocycles. The Labute approximate surface area is 115 Å². The summed E-state index contributed by atoms with van der Waals surface area (Å²) < 4.78 is 25.4. The summed E-state index contributed by atoms with van der Waals surface area (Å²) >= 11 is 0. The maximum Gasteiger partial charge on any atom is 0.508 e. The summed E-state index contributed by atoms with van der Waals surface area (Å²) in [7, 11) is 0. The molecule has 0 bridgehead atoms. The van der Waals surface area contributed by atoms with Crippen LogP contribution in [0.5, 0.6) is 0 Å². The highest BCUT2D eigenvalue weighted by atomic mass is 16.7. The standard InChI is InChI=1S/C13H26O6/c1-4-12(17-6-3)11-16-8-10-19-13(14)18-9-7-15-5-2/h12H,4-11H2,1-3H3. The van der Waals surface area contributed by atoms with Crippen molar-refractivity contribution in [2.75, 3.05) is 46.2 Å². The van der Waals surface area contributed by atoms with E-state index in [-0.39, 0.29) is 19.3 Å². The first-order valence-corrected chi connectivity index (χ1v) is 6.81. The number of carbonyl (C=O) groups excluding carboxylic acids is 1. The molecule has 0 rings (SSSR count). The topological polar surface area (TPSA) is 63.2 Å². The molecule has 0 aromatic rings. The first-order valence-electron chi connectivity index (χ1n) is 6.81. The zero-order valence-electron chi connectivity index (χ0n) is 12.2. The van der Waals surface area contributed by atoms with Gasteiger partial charge in [-0.25, -0.2) is 4.79 Å². The van der Waals surface area contributed by atoms with Gasteiger partial charge in [-0.2, -0.15) is 0 Å². The average Bonchev–Trinajstić information content (AvgIpc) is 2.42. The van der Waals surface area contributed by atoms with Gasteiger partial charge in [0.25, 0.3) is 0 Å². The molecule has 0 fully saturated rings. The Kier molecular flexibility index (Phi) is 13.0. The lowest BCUT2D eigenvalue weighted by molar-refractivity contribution is -0.0295. The first kappa shape index (κ1) is 18.1. The molecule has 6 nitrogen and oxygen atoms in total. The lowest BCUT2D eigenvalue weighted by atomic mass is 10.3. The Morgan fingerprint density at radius 3 is 2.05 bits per heavy atom. The molecule has 0 aliphatic carbocycles. The van der Waals surface area contributed by atoms with E-state index in [1.807, 2.05) is 20.8 Å². The summed E-state index contributed by atoms with van der Waals surface area (Å²) in [6, 6.07) is 0. The predicted molar refractivity (Wildman–Crippen MR) is 70.3 cm³/mol. The van der Waals surface area contributed by atoms with Crippen LogP contribution in [0.15, 0.2) is 0 Å². The van der Waals surface area contributed by atoms with Gasteiger partial charge in [0.2, 0.25) is 0 Å². The smallest absolute Gasteiger partial charge is 0.432 e. The Balaban J connectivity index is 3.35. The van der Waals surface area contributed by atoms with E-state index in [4.69, 9.17) is 23.7 Å². The molecular weight excluding hydrogens is 252 g/mol. The Hall–Kier alpha value is -0.850. The van der Waals surface area contributed by atoms with Crippen molar-refractivity contribution < 1.29 is 28.5 Å². The van der Waals surface area contributed by atoms with Gasteiger partial charge in [0.05, 0.1) is 25.9 Å². The molecular formula is C13H26O6. The van der Waals surface area contributed by atoms with Crippen LogP contribution in [-0.4, -0.2) is 58.5 Å². The van der Waals surface area contributed by atoms with Crippen molar-refractivity contribution in [3.63, 3.8) is 0 Å². The highest BCUT2D eigenvalue weighted by molar-refractivity contribution is 5.59. The highest BCUT2D eigenvalue weighted by Gasteiger charge is 2.06. The van der Waals surface area contributed by atoms with Gasteiger partial charge in [-0.1, -0.05) is 6.92 Å². The fraction of sp³-hybridized carbons (Fsp3) is 0.923. The molecule has 6 heteroatoms. The zero-order chi connectivity index (χ0) is 14.3. The summed E-state index contributed by atoms with van der Waals surface area (Å²) in [6.45, 7) is 8.74. The maximum absolute atomic E-state index is 11.1. The van der Waals surface area contributed by atoms with Gasteiger partial charge in [0.15, 0.2) is 0 Å². The fourth-order valence-corrected chi connectivity index (χ4v) is 1.29. The summed E-state index contributed by atoms with van der Waals surface area (Å²) in [5.74, 6) is 0. The average molecular weight is 278 g/mol. The number of rotatable bonds is 12. The van der Waals surface area contributed by atoms with Crippen molar-refractivity contribution in [3.05, 3.63) is 0 Å². The van der Waals surface area contributed by atoms with E-state index < -0.39 is 6.16 Å². The van der Waals surface area contributed by atoms with Gasteiger partial charge in [0.1, 0.15) is 13.2 Å². The number of carbonyl (C=O) groups is 1. The van der Waals surface area contributed by atoms with Crippen molar-refractivity contribution in [1.29, 1.82) is 0 Å². The molecule has 0 saturated heterocycles. The third-order valence-corrected chi connectivity index (χ3v) is 2.26. The predicted octanol–water partition coefficient (Wildman–Crippen LogP) is 2.01. The van der Waals surface area contributed by atoms with E-state index in [9.17, 15) is 4.79 Å². The lowest BCUT2D eigenvalue weighted by Gasteiger charge is -2.14. The molecule has 1 atom stereocenters. The molecule has 0 spiro atoms. The zero-order valence-corrected chi connectivity index (χ0v) is 12.2. The van der Waals surface area contributed by atoms with Crippen LogP contribution >= 0.6 is 0 Å². The first-order chi connectivity index (χ1) is 9.24. The van der Waals surface area contributed by atoms with Crippen molar-refractivity contribution in [3.8, 4) is 0 Å². The van der Waals surface area contributed by atoms with Crippen molar-refractivity contribution in [1.82, 2.24) is 0 Å². The van der Waals surface area contributed by atoms with E-state index in [2.05, 4.69) is 0 Å². The van der Waals surface area contributed by atoms with Crippen molar-refractivity contribution >= 4 is 6.16 Å². The minimum atomic E-state index is -0.694. The molecule has 1 unspecified atom stereocenters. The van der Waals surface area contributed by atoms with Gasteiger partial charge in [-0.3, -0.25) is 0 Å². The minimum absolute atomic E-state index is 0.100. The van der Waals surface area contributed by atoms with Crippen LogP contribution in [0.2, 0.25) is 0 Å². The van der Waals surface area contributed by atoms with E-state index in [1.165, 1.54) is 0 Å². The molecule has 19 heavy (non-hydrogen) atoms. The SMILES string of the molecule is CCOCCOC(=O)OCCOCC(CC)OCC. The van der Waals surface area contributed by atoms with Crippen LogP contribution in [0.4, 0.5) is 4.79 Å². The largest absolute Gasteiger partial charge is 0.508 e. The number of hydrogen-bond donors (Lipinski definition) is 0. The Bertz CT molecular complexity index is 209. The summed E-state index contributed by atoms with van der Waals surface area (Å²) in [6.07, 6.45) is 0.303. The second-order valence-electron chi connectivity index (χ2n) is 3.70. The van der Waals surface area contributed by atoms with E-state index in [1.54, 1.807) is 0 Å². The second-order valence-corrected chi connectivity index (χ2v) is 3.70. The molecule has 0 heterocycles.